The molecule has 3 aromatic carbocycles. The normalized spacial score (nSPS) is 13.3. The first kappa shape index (κ1) is 18.4. The van der Waals surface area contributed by atoms with Gasteiger partial charge in [0.2, 0.25) is 5.69 Å². The zero-order valence-electron chi connectivity index (χ0n) is 18.3. The summed E-state index contributed by atoms with van der Waals surface area (Å²) in [5.74, 6) is 0. The highest BCUT2D eigenvalue weighted by Crippen LogP contribution is 2.42. The van der Waals surface area contributed by atoms with Crippen LogP contribution in [0.2, 0.25) is 0 Å². The molecule has 2 nitrogen and oxygen atoms in total. The van der Waals surface area contributed by atoms with Crippen LogP contribution in [0, 0.1) is 13.8 Å². The molecule has 0 radical (unpaired) electrons. The molecule has 0 fully saturated rings. The summed E-state index contributed by atoms with van der Waals surface area (Å²) in [7, 11) is 2.09. The van der Waals surface area contributed by atoms with E-state index in [4.69, 9.17) is 4.42 Å². The van der Waals surface area contributed by atoms with E-state index in [9.17, 15) is 0 Å². The number of para-hydroxylation sites is 1. The second-order valence-electron chi connectivity index (χ2n) is 8.90. The zero-order valence-corrected chi connectivity index (χ0v) is 18.3. The topological polar surface area (TPSA) is 17.0 Å². The lowest BCUT2D eigenvalue weighted by Crippen LogP contribution is -2.30. The number of fused-ring (bicyclic) bond motifs is 4. The summed E-state index contributed by atoms with van der Waals surface area (Å²) in [5, 5.41) is 2.37. The highest BCUT2D eigenvalue weighted by molar-refractivity contribution is 6.13. The maximum Gasteiger partial charge on any atom is 0.216 e. The quantitative estimate of drug-likeness (QED) is 0.294. The van der Waals surface area contributed by atoms with Crippen LogP contribution in [-0.4, -0.2) is 0 Å². The van der Waals surface area contributed by atoms with Crippen LogP contribution in [0.3, 0.4) is 0 Å². The predicted octanol–water partition coefficient (Wildman–Crippen LogP) is 6.85. The summed E-state index contributed by atoms with van der Waals surface area (Å²) in [4.78, 5) is 0. The Balaban J connectivity index is 1.67. The molecule has 0 aliphatic heterocycles. The number of nitrogens with zero attached hydrogens (tertiary/aromatic N) is 1. The van der Waals surface area contributed by atoms with E-state index in [-0.39, 0.29) is 0 Å². The van der Waals surface area contributed by atoms with Crippen molar-refractivity contribution in [3.8, 4) is 22.4 Å². The van der Waals surface area contributed by atoms with Gasteiger partial charge in [-0.3, -0.25) is 0 Å². The van der Waals surface area contributed by atoms with Crippen LogP contribution in [0.15, 0.2) is 71.3 Å². The van der Waals surface area contributed by atoms with Gasteiger partial charge >= 0.3 is 0 Å². The molecule has 0 spiro atoms. The van der Waals surface area contributed by atoms with Gasteiger partial charge in [-0.1, -0.05) is 42.5 Å². The Bertz CT molecular complexity index is 1490. The number of benzene rings is 3. The molecule has 2 heterocycles. The van der Waals surface area contributed by atoms with Gasteiger partial charge in [-0.15, -0.1) is 0 Å². The number of hydrogen-bond acceptors (Lipinski definition) is 1. The fraction of sp³-hybridized carbons (Fsp3) is 0.207. The molecule has 0 bridgehead atoms. The molecule has 1 aliphatic carbocycles. The molecule has 0 amide bonds. The van der Waals surface area contributed by atoms with Crippen LogP contribution in [0.1, 0.15) is 28.7 Å². The maximum atomic E-state index is 6.72. The highest BCUT2D eigenvalue weighted by Gasteiger charge is 2.22. The lowest BCUT2D eigenvalue weighted by Gasteiger charge is -2.10. The lowest BCUT2D eigenvalue weighted by atomic mass is 9.94. The van der Waals surface area contributed by atoms with Gasteiger partial charge in [-0.25, -0.2) is 4.57 Å². The van der Waals surface area contributed by atoms with E-state index in [0.29, 0.717) is 0 Å². The first-order valence-electron chi connectivity index (χ1n) is 11.1. The second-order valence-corrected chi connectivity index (χ2v) is 8.90. The third kappa shape index (κ3) is 2.75. The minimum absolute atomic E-state index is 0.975. The first-order chi connectivity index (χ1) is 15.1. The Morgan fingerprint density at radius 3 is 2.39 bits per heavy atom. The summed E-state index contributed by atoms with van der Waals surface area (Å²) in [5.41, 5.74) is 12.4. The van der Waals surface area contributed by atoms with Crippen molar-refractivity contribution in [2.75, 3.05) is 0 Å². The SMILES string of the molecule is Cc1cc2c(cc1-c1cccc3c1oc1c(-c4cccc[n+]4C)c(C)ccc13)CCC2. The van der Waals surface area contributed by atoms with E-state index in [1.165, 1.54) is 74.7 Å². The third-order valence-electron chi connectivity index (χ3n) is 6.92. The average molecular weight is 405 g/mol. The van der Waals surface area contributed by atoms with Crippen LogP contribution in [-0.2, 0) is 19.9 Å². The van der Waals surface area contributed by atoms with E-state index in [0.717, 1.165) is 11.2 Å². The molecule has 2 heteroatoms. The minimum Gasteiger partial charge on any atom is -0.454 e. The number of furan rings is 1. The van der Waals surface area contributed by atoms with E-state index in [2.05, 4.69) is 92.3 Å². The van der Waals surface area contributed by atoms with Crippen LogP contribution < -0.4 is 4.57 Å². The lowest BCUT2D eigenvalue weighted by molar-refractivity contribution is -0.660. The van der Waals surface area contributed by atoms with Gasteiger partial charge in [0.15, 0.2) is 6.20 Å². The van der Waals surface area contributed by atoms with E-state index in [1.54, 1.807) is 0 Å². The molecule has 152 valence electrons. The Morgan fingerprint density at radius 1 is 0.742 bits per heavy atom. The van der Waals surface area contributed by atoms with Crippen LogP contribution >= 0.6 is 0 Å². The van der Waals surface area contributed by atoms with E-state index >= 15 is 0 Å². The number of rotatable bonds is 2. The molecular formula is C29H26NO+. The largest absolute Gasteiger partial charge is 0.454 e. The summed E-state index contributed by atoms with van der Waals surface area (Å²) in [6.07, 6.45) is 5.76. The first-order valence-corrected chi connectivity index (χ1v) is 11.1. The molecule has 6 rings (SSSR count). The standard InChI is InChI=1S/C29H26NO/c1-18-13-14-24-22-10-7-11-23(25-17-21-9-6-8-20(21)16-19(25)2)28(22)31-29(24)27(18)26-12-4-5-15-30(26)3/h4-5,7,10-17H,6,8-9H2,1-3H3/q+1. The summed E-state index contributed by atoms with van der Waals surface area (Å²) in [6.45, 7) is 4.40. The van der Waals surface area contributed by atoms with Crippen LogP contribution in [0.4, 0.5) is 0 Å². The fourth-order valence-corrected chi connectivity index (χ4v) is 5.31. The zero-order chi connectivity index (χ0) is 21.1. The smallest absolute Gasteiger partial charge is 0.216 e. The average Bonchev–Trinajstić information content (AvgIpc) is 3.37. The van der Waals surface area contributed by atoms with Gasteiger partial charge < -0.3 is 4.42 Å². The van der Waals surface area contributed by atoms with Crippen LogP contribution in [0.5, 0.6) is 0 Å². The van der Waals surface area contributed by atoms with Crippen molar-refractivity contribution in [1.82, 2.24) is 0 Å². The van der Waals surface area contributed by atoms with Crippen molar-refractivity contribution >= 4 is 21.9 Å². The number of aryl methyl sites for hydroxylation is 5. The molecule has 2 aromatic heterocycles. The molecule has 0 N–H and O–H groups in total. The molecule has 0 saturated heterocycles. The number of hydrogen-bond donors (Lipinski definition) is 0. The molecule has 0 atom stereocenters. The summed E-state index contributed by atoms with van der Waals surface area (Å²) >= 11 is 0. The van der Waals surface area contributed by atoms with Crippen LogP contribution in [0.25, 0.3) is 44.3 Å². The summed E-state index contributed by atoms with van der Waals surface area (Å²) in [6, 6.07) is 22.1. The Labute approximate surface area is 182 Å². The Kier molecular flexibility index (Phi) is 4.04. The highest BCUT2D eigenvalue weighted by atomic mass is 16.3. The molecule has 5 aromatic rings. The van der Waals surface area contributed by atoms with Crippen molar-refractivity contribution in [1.29, 1.82) is 0 Å². The van der Waals surface area contributed by atoms with Gasteiger partial charge in [0.05, 0.1) is 5.56 Å². The van der Waals surface area contributed by atoms with E-state index in [1.807, 2.05) is 0 Å². The monoisotopic (exact) mass is 404 g/mol. The fourth-order valence-electron chi connectivity index (χ4n) is 5.31. The van der Waals surface area contributed by atoms with Crippen molar-refractivity contribution in [2.24, 2.45) is 7.05 Å². The van der Waals surface area contributed by atoms with Crippen molar-refractivity contribution < 1.29 is 8.98 Å². The molecule has 31 heavy (non-hydrogen) atoms. The predicted molar refractivity (Wildman–Crippen MR) is 127 cm³/mol. The maximum absolute atomic E-state index is 6.72. The molecule has 1 aliphatic rings. The van der Waals surface area contributed by atoms with Gasteiger partial charge in [0.1, 0.15) is 18.2 Å². The van der Waals surface area contributed by atoms with Crippen molar-refractivity contribution in [3.63, 3.8) is 0 Å². The van der Waals surface area contributed by atoms with Crippen molar-refractivity contribution in [3.05, 3.63) is 89.1 Å². The summed E-state index contributed by atoms with van der Waals surface area (Å²) < 4.78 is 8.89. The van der Waals surface area contributed by atoms with Crippen molar-refractivity contribution in [2.45, 2.75) is 33.1 Å². The third-order valence-corrected chi connectivity index (χ3v) is 6.92. The van der Waals surface area contributed by atoms with Gasteiger partial charge in [0, 0.05) is 28.5 Å². The molecule has 0 unspecified atom stereocenters. The molecular weight excluding hydrogens is 378 g/mol. The Morgan fingerprint density at radius 2 is 1.55 bits per heavy atom. The molecule has 0 saturated carbocycles. The number of pyridine rings is 1. The second kappa shape index (κ2) is 6.81. The van der Waals surface area contributed by atoms with Gasteiger partial charge in [-0.05, 0) is 67.0 Å². The van der Waals surface area contributed by atoms with Gasteiger partial charge in [-0.2, -0.15) is 0 Å². The Hall–Kier alpha value is -3.39. The van der Waals surface area contributed by atoms with Gasteiger partial charge in [0.25, 0.3) is 0 Å². The van der Waals surface area contributed by atoms with E-state index < -0.39 is 0 Å². The number of aromatic nitrogens is 1. The minimum atomic E-state index is 0.975.